The van der Waals surface area contributed by atoms with Crippen LogP contribution in [0, 0.1) is 5.82 Å². The molecule has 0 spiro atoms. The fraction of sp³-hybridized carbons (Fsp3) is 0.333. The fourth-order valence-electron chi connectivity index (χ4n) is 1.52. The van der Waals surface area contributed by atoms with Crippen LogP contribution in [0.1, 0.15) is 31.0 Å². The molecule has 2 rings (SSSR count). The van der Waals surface area contributed by atoms with Crippen molar-refractivity contribution in [2.24, 2.45) is 0 Å². The van der Waals surface area contributed by atoms with Crippen molar-refractivity contribution >= 4 is 23.2 Å². The highest BCUT2D eigenvalue weighted by Crippen LogP contribution is 2.29. The Morgan fingerprint density at radius 3 is 2.94 bits per heavy atom. The summed E-state index contributed by atoms with van der Waals surface area (Å²) in [6.45, 7) is 2.01. The van der Waals surface area contributed by atoms with Gasteiger partial charge in [0.2, 0.25) is 0 Å². The summed E-state index contributed by atoms with van der Waals surface area (Å²) in [4.78, 5) is 4.09. The second kappa shape index (κ2) is 5.67. The SMILES string of the molecule is CCCC(Cl)c1noc(-c2cccc(Cl)c2F)n1. The van der Waals surface area contributed by atoms with E-state index < -0.39 is 5.82 Å². The van der Waals surface area contributed by atoms with Crippen molar-refractivity contribution in [2.75, 3.05) is 0 Å². The van der Waals surface area contributed by atoms with Crippen molar-refractivity contribution in [3.05, 3.63) is 34.9 Å². The molecule has 1 unspecified atom stereocenters. The molecular weight excluding hydrogens is 278 g/mol. The van der Waals surface area contributed by atoms with Gasteiger partial charge in [-0.2, -0.15) is 4.98 Å². The van der Waals surface area contributed by atoms with Crippen molar-refractivity contribution in [1.82, 2.24) is 10.1 Å². The molecule has 0 amide bonds. The lowest BCUT2D eigenvalue weighted by Gasteiger charge is -2.00. The number of halogens is 3. The van der Waals surface area contributed by atoms with Crippen molar-refractivity contribution in [3.63, 3.8) is 0 Å². The van der Waals surface area contributed by atoms with E-state index in [1.165, 1.54) is 12.1 Å². The number of alkyl halides is 1. The van der Waals surface area contributed by atoms with Gasteiger partial charge in [0.05, 0.1) is 16.0 Å². The van der Waals surface area contributed by atoms with Gasteiger partial charge in [0.15, 0.2) is 11.6 Å². The molecule has 0 bridgehead atoms. The Labute approximate surface area is 114 Å². The normalized spacial score (nSPS) is 12.7. The van der Waals surface area contributed by atoms with Gasteiger partial charge in [-0.3, -0.25) is 0 Å². The second-order valence-corrected chi connectivity index (χ2v) is 4.75. The molecule has 0 radical (unpaired) electrons. The van der Waals surface area contributed by atoms with Crippen LogP contribution in [0.2, 0.25) is 5.02 Å². The van der Waals surface area contributed by atoms with E-state index in [0.29, 0.717) is 5.82 Å². The molecule has 96 valence electrons. The summed E-state index contributed by atoms with van der Waals surface area (Å²) in [5, 5.41) is 3.45. The second-order valence-electron chi connectivity index (χ2n) is 3.82. The van der Waals surface area contributed by atoms with Gasteiger partial charge in [-0.05, 0) is 18.6 Å². The number of aromatic nitrogens is 2. The summed E-state index contributed by atoms with van der Waals surface area (Å²) in [6.07, 6.45) is 1.64. The number of nitrogens with zero attached hydrogens (tertiary/aromatic N) is 2. The highest BCUT2D eigenvalue weighted by molar-refractivity contribution is 6.31. The molecule has 1 atom stereocenters. The lowest BCUT2D eigenvalue weighted by atomic mass is 10.2. The van der Waals surface area contributed by atoms with Gasteiger partial charge in [0, 0.05) is 0 Å². The topological polar surface area (TPSA) is 38.9 Å². The van der Waals surface area contributed by atoms with E-state index in [1.54, 1.807) is 6.07 Å². The first-order chi connectivity index (χ1) is 8.63. The van der Waals surface area contributed by atoms with E-state index >= 15 is 0 Å². The number of benzene rings is 1. The van der Waals surface area contributed by atoms with Crippen LogP contribution in [0.3, 0.4) is 0 Å². The standard InChI is InChI=1S/C12H11Cl2FN2O/c1-2-4-9(14)11-16-12(18-17-11)7-5-3-6-8(13)10(7)15/h3,5-6,9H,2,4H2,1H3. The monoisotopic (exact) mass is 288 g/mol. The van der Waals surface area contributed by atoms with Gasteiger partial charge >= 0.3 is 0 Å². The van der Waals surface area contributed by atoms with Crippen LogP contribution in [-0.4, -0.2) is 10.1 Å². The highest BCUT2D eigenvalue weighted by Gasteiger charge is 2.18. The molecule has 0 saturated carbocycles. The molecule has 18 heavy (non-hydrogen) atoms. The van der Waals surface area contributed by atoms with E-state index in [-0.39, 0.29) is 21.9 Å². The Hall–Kier alpha value is -1.13. The first kappa shape index (κ1) is 13.3. The maximum Gasteiger partial charge on any atom is 0.261 e. The van der Waals surface area contributed by atoms with E-state index in [9.17, 15) is 4.39 Å². The molecule has 0 aliphatic carbocycles. The molecule has 2 aromatic rings. The van der Waals surface area contributed by atoms with E-state index in [2.05, 4.69) is 10.1 Å². The van der Waals surface area contributed by atoms with Crippen LogP contribution in [0.25, 0.3) is 11.5 Å². The Kier molecular flexibility index (Phi) is 4.19. The third-order valence-corrected chi connectivity index (χ3v) is 3.15. The Balaban J connectivity index is 2.32. The maximum absolute atomic E-state index is 13.8. The first-order valence-corrected chi connectivity index (χ1v) is 6.37. The van der Waals surface area contributed by atoms with Crippen LogP contribution < -0.4 is 0 Å². The molecule has 1 aromatic heterocycles. The molecule has 6 heteroatoms. The summed E-state index contributed by atoms with van der Waals surface area (Å²) in [5.74, 6) is -0.115. The quantitative estimate of drug-likeness (QED) is 0.771. The predicted molar refractivity (Wildman–Crippen MR) is 68.2 cm³/mol. The first-order valence-electron chi connectivity index (χ1n) is 5.55. The van der Waals surface area contributed by atoms with E-state index in [4.69, 9.17) is 27.7 Å². The molecule has 0 aliphatic rings. The summed E-state index contributed by atoms with van der Waals surface area (Å²) < 4.78 is 18.8. The van der Waals surface area contributed by atoms with Crippen LogP contribution in [0.15, 0.2) is 22.7 Å². The largest absolute Gasteiger partial charge is 0.334 e. The molecule has 0 saturated heterocycles. The van der Waals surface area contributed by atoms with Crippen LogP contribution in [0.5, 0.6) is 0 Å². The minimum absolute atomic E-state index is 0.0169. The van der Waals surface area contributed by atoms with Gasteiger partial charge in [0.25, 0.3) is 5.89 Å². The smallest absolute Gasteiger partial charge is 0.261 e. The average molecular weight is 289 g/mol. The Morgan fingerprint density at radius 1 is 1.44 bits per heavy atom. The molecule has 0 aliphatic heterocycles. The van der Waals surface area contributed by atoms with Gasteiger partial charge in [-0.1, -0.05) is 36.2 Å². The van der Waals surface area contributed by atoms with Gasteiger partial charge in [0.1, 0.15) is 0 Å². The van der Waals surface area contributed by atoms with Crippen molar-refractivity contribution in [1.29, 1.82) is 0 Å². The number of rotatable bonds is 4. The third-order valence-electron chi connectivity index (χ3n) is 2.45. The highest BCUT2D eigenvalue weighted by atomic mass is 35.5. The molecule has 1 aromatic carbocycles. The van der Waals surface area contributed by atoms with Crippen LogP contribution >= 0.6 is 23.2 Å². The Bertz CT molecular complexity index is 545. The summed E-state index contributed by atoms with van der Waals surface area (Å²) in [5.41, 5.74) is 0.182. The van der Waals surface area contributed by atoms with Crippen LogP contribution in [0.4, 0.5) is 4.39 Å². The van der Waals surface area contributed by atoms with E-state index in [0.717, 1.165) is 12.8 Å². The molecular formula is C12H11Cl2FN2O. The Morgan fingerprint density at radius 2 is 2.22 bits per heavy atom. The lowest BCUT2D eigenvalue weighted by Crippen LogP contribution is -1.93. The summed E-state index contributed by atoms with van der Waals surface area (Å²) in [6, 6.07) is 4.61. The predicted octanol–water partition coefficient (Wildman–Crippen LogP) is 4.61. The van der Waals surface area contributed by atoms with E-state index in [1.807, 2.05) is 6.92 Å². The van der Waals surface area contributed by atoms with Crippen molar-refractivity contribution in [3.8, 4) is 11.5 Å². The van der Waals surface area contributed by atoms with Crippen molar-refractivity contribution in [2.45, 2.75) is 25.1 Å². The summed E-state index contributed by atoms with van der Waals surface area (Å²) in [7, 11) is 0. The van der Waals surface area contributed by atoms with Gasteiger partial charge in [-0.25, -0.2) is 4.39 Å². The average Bonchev–Trinajstić information content (AvgIpc) is 2.82. The van der Waals surface area contributed by atoms with Gasteiger partial charge < -0.3 is 4.52 Å². The molecule has 1 heterocycles. The zero-order valence-corrected chi connectivity index (χ0v) is 11.2. The maximum atomic E-state index is 13.8. The fourth-order valence-corrected chi connectivity index (χ4v) is 2.00. The molecule has 3 nitrogen and oxygen atoms in total. The summed E-state index contributed by atoms with van der Waals surface area (Å²) >= 11 is 11.8. The van der Waals surface area contributed by atoms with Gasteiger partial charge in [-0.15, -0.1) is 11.6 Å². The van der Waals surface area contributed by atoms with Crippen LogP contribution in [-0.2, 0) is 0 Å². The zero-order chi connectivity index (χ0) is 13.1. The molecule has 0 fully saturated rings. The number of hydrogen-bond donors (Lipinski definition) is 0. The minimum Gasteiger partial charge on any atom is -0.334 e. The lowest BCUT2D eigenvalue weighted by molar-refractivity contribution is 0.418. The number of hydrogen-bond acceptors (Lipinski definition) is 3. The molecule has 0 N–H and O–H groups in total. The third kappa shape index (κ3) is 2.65. The minimum atomic E-state index is -0.573. The zero-order valence-electron chi connectivity index (χ0n) is 9.66. The van der Waals surface area contributed by atoms with Crippen molar-refractivity contribution < 1.29 is 8.91 Å².